The lowest BCUT2D eigenvalue weighted by Gasteiger charge is -2.08. The smallest absolute Gasteiger partial charge is 0.272 e. The molecule has 0 aliphatic rings. The van der Waals surface area contributed by atoms with Gasteiger partial charge in [-0.15, -0.1) is 5.10 Å². The van der Waals surface area contributed by atoms with Gasteiger partial charge in [-0.3, -0.25) is 9.59 Å². The first kappa shape index (κ1) is 14.4. The number of fused-ring (bicyclic) bond motifs is 1. The number of benzene rings is 2. The van der Waals surface area contributed by atoms with Gasteiger partial charge in [0, 0.05) is 4.47 Å². The summed E-state index contributed by atoms with van der Waals surface area (Å²) in [6.07, 6.45) is 0.401. The molecule has 22 heavy (non-hydrogen) atoms. The SMILES string of the molecule is O=Cc1cc(Oc2n[nH]c(=O)c3cc(Br)ccc23)ccc1F. The Labute approximate surface area is 131 Å². The van der Waals surface area contributed by atoms with E-state index in [0.29, 0.717) is 17.1 Å². The minimum Gasteiger partial charge on any atom is -0.437 e. The lowest BCUT2D eigenvalue weighted by molar-refractivity contribution is 0.111. The molecule has 1 heterocycles. The average molecular weight is 363 g/mol. The van der Waals surface area contributed by atoms with Crippen LogP contribution in [-0.4, -0.2) is 16.5 Å². The van der Waals surface area contributed by atoms with Crippen molar-refractivity contribution in [1.29, 1.82) is 0 Å². The highest BCUT2D eigenvalue weighted by molar-refractivity contribution is 9.10. The Kier molecular flexibility index (Phi) is 3.72. The second-order valence-electron chi connectivity index (χ2n) is 4.45. The van der Waals surface area contributed by atoms with Crippen molar-refractivity contribution in [3.8, 4) is 11.6 Å². The molecule has 0 bridgehead atoms. The molecule has 0 unspecified atom stereocenters. The first-order valence-corrected chi connectivity index (χ1v) is 6.98. The maximum atomic E-state index is 13.3. The molecule has 3 rings (SSSR count). The molecule has 0 radical (unpaired) electrons. The van der Waals surface area contributed by atoms with Crippen LogP contribution in [0.3, 0.4) is 0 Å². The van der Waals surface area contributed by atoms with Gasteiger partial charge in [-0.2, -0.15) is 0 Å². The highest BCUT2D eigenvalue weighted by Gasteiger charge is 2.10. The van der Waals surface area contributed by atoms with E-state index in [2.05, 4.69) is 26.1 Å². The van der Waals surface area contributed by atoms with Crippen LogP contribution in [0.4, 0.5) is 4.39 Å². The number of aromatic amines is 1. The summed E-state index contributed by atoms with van der Waals surface area (Å²) in [7, 11) is 0. The lowest BCUT2D eigenvalue weighted by atomic mass is 10.2. The maximum absolute atomic E-state index is 13.3. The second kappa shape index (κ2) is 5.69. The third-order valence-corrected chi connectivity index (χ3v) is 3.52. The normalized spacial score (nSPS) is 10.6. The topological polar surface area (TPSA) is 72.0 Å². The Morgan fingerprint density at radius 3 is 2.77 bits per heavy atom. The number of halogens is 2. The van der Waals surface area contributed by atoms with E-state index in [1.54, 1.807) is 18.2 Å². The minimum atomic E-state index is -0.634. The lowest BCUT2D eigenvalue weighted by Crippen LogP contribution is -2.09. The van der Waals surface area contributed by atoms with Crippen molar-refractivity contribution >= 4 is 33.0 Å². The van der Waals surface area contributed by atoms with E-state index in [4.69, 9.17) is 4.74 Å². The van der Waals surface area contributed by atoms with Gasteiger partial charge in [0.1, 0.15) is 11.6 Å². The van der Waals surface area contributed by atoms with Gasteiger partial charge in [0.15, 0.2) is 6.29 Å². The summed E-state index contributed by atoms with van der Waals surface area (Å²) in [4.78, 5) is 22.6. The van der Waals surface area contributed by atoms with Crippen LogP contribution in [0.2, 0.25) is 0 Å². The number of carbonyl (C=O) groups is 1. The molecule has 0 atom stereocenters. The highest BCUT2D eigenvalue weighted by atomic mass is 79.9. The number of nitrogens with one attached hydrogen (secondary N) is 1. The molecular weight excluding hydrogens is 355 g/mol. The molecule has 0 saturated heterocycles. The second-order valence-corrected chi connectivity index (χ2v) is 5.37. The zero-order valence-corrected chi connectivity index (χ0v) is 12.6. The summed E-state index contributed by atoms with van der Waals surface area (Å²) in [5.74, 6) is -0.233. The van der Waals surface area contributed by atoms with Crippen molar-refractivity contribution in [2.75, 3.05) is 0 Å². The predicted octanol–water partition coefficient (Wildman–Crippen LogP) is 3.43. The molecule has 2 aromatic carbocycles. The zero-order chi connectivity index (χ0) is 15.7. The first-order valence-electron chi connectivity index (χ1n) is 6.19. The minimum absolute atomic E-state index is 0.117. The number of hydrogen-bond donors (Lipinski definition) is 1. The summed E-state index contributed by atoms with van der Waals surface area (Å²) in [5, 5.41) is 7.09. The fourth-order valence-corrected chi connectivity index (χ4v) is 2.34. The Hall–Kier alpha value is -2.54. The third-order valence-electron chi connectivity index (χ3n) is 3.02. The molecule has 3 aromatic rings. The highest BCUT2D eigenvalue weighted by Crippen LogP contribution is 2.28. The van der Waals surface area contributed by atoms with Crippen molar-refractivity contribution in [2.45, 2.75) is 0 Å². The Morgan fingerprint density at radius 1 is 1.18 bits per heavy atom. The van der Waals surface area contributed by atoms with Crippen molar-refractivity contribution in [3.05, 3.63) is 62.6 Å². The van der Waals surface area contributed by atoms with Gasteiger partial charge in [0.05, 0.1) is 16.3 Å². The monoisotopic (exact) mass is 362 g/mol. The molecule has 1 N–H and O–H groups in total. The van der Waals surface area contributed by atoms with Crippen molar-refractivity contribution in [1.82, 2.24) is 10.2 Å². The standard InChI is InChI=1S/C15H8BrFN2O3/c16-9-1-3-11-12(6-9)14(21)18-19-15(11)22-10-2-4-13(17)8(5-10)7-20/h1-7H,(H,18,21). The summed E-state index contributed by atoms with van der Waals surface area (Å²) in [5.41, 5.74) is -0.467. The molecular formula is C15H8BrFN2O3. The molecule has 5 nitrogen and oxygen atoms in total. The number of ether oxygens (including phenoxy) is 1. The summed E-state index contributed by atoms with van der Waals surface area (Å²) in [6.45, 7) is 0. The van der Waals surface area contributed by atoms with Crippen LogP contribution in [0.25, 0.3) is 10.8 Å². The summed E-state index contributed by atoms with van der Waals surface area (Å²) < 4.78 is 19.6. The van der Waals surface area contributed by atoms with Crippen molar-refractivity contribution < 1.29 is 13.9 Å². The Balaban J connectivity index is 2.10. The van der Waals surface area contributed by atoms with Crippen LogP contribution in [0.5, 0.6) is 11.6 Å². The van der Waals surface area contributed by atoms with E-state index in [1.807, 2.05) is 0 Å². The third kappa shape index (κ3) is 2.62. The Bertz CT molecular complexity index is 940. The molecule has 0 fully saturated rings. The molecule has 0 aliphatic heterocycles. The molecule has 0 amide bonds. The van der Waals surface area contributed by atoms with E-state index in [-0.39, 0.29) is 22.8 Å². The number of aromatic nitrogens is 2. The predicted molar refractivity (Wildman–Crippen MR) is 81.9 cm³/mol. The van der Waals surface area contributed by atoms with Gasteiger partial charge >= 0.3 is 0 Å². The van der Waals surface area contributed by atoms with E-state index in [0.717, 1.165) is 10.5 Å². The van der Waals surface area contributed by atoms with Crippen LogP contribution >= 0.6 is 15.9 Å². The van der Waals surface area contributed by atoms with Crippen LogP contribution in [0.15, 0.2) is 45.7 Å². The number of H-pyrrole nitrogens is 1. The Morgan fingerprint density at radius 2 is 2.00 bits per heavy atom. The van der Waals surface area contributed by atoms with Gasteiger partial charge in [-0.25, -0.2) is 9.49 Å². The number of aldehydes is 1. The average Bonchev–Trinajstić information content (AvgIpc) is 2.52. The first-order chi connectivity index (χ1) is 10.6. The number of carbonyl (C=O) groups excluding carboxylic acids is 1. The van der Waals surface area contributed by atoms with Crippen LogP contribution in [0, 0.1) is 5.82 Å². The van der Waals surface area contributed by atoms with E-state index >= 15 is 0 Å². The fraction of sp³-hybridized carbons (Fsp3) is 0. The zero-order valence-electron chi connectivity index (χ0n) is 11.0. The maximum Gasteiger partial charge on any atom is 0.272 e. The van der Waals surface area contributed by atoms with Crippen molar-refractivity contribution in [3.63, 3.8) is 0 Å². The molecule has 7 heteroatoms. The largest absolute Gasteiger partial charge is 0.437 e. The van der Waals surface area contributed by atoms with Crippen LogP contribution in [-0.2, 0) is 0 Å². The van der Waals surface area contributed by atoms with Gasteiger partial charge in [0.25, 0.3) is 5.56 Å². The van der Waals surface area contributed by atoms with Gasteiger partial charge in [-0.1, -0.05) is 15.9 Å². The van der Waals surface area contributed by atoms with Crippen molar-refractivity contribution in [2.24, 2.45) is 0 Å². The summed E-state index contributed by atoms with van der Waals surface area (Å²) in [6, 6.07) is 8.84. The number of nitrogens with zero attached hydrogens (tertiary/aromatic N) is 1. The van der Waals surface area contributed by atoms with E-state index in [1.165, 1.54) is 12.1 Å². The molecule has 0 spiro atoms. The van der Waals surface area contributed by atoms with Gasteiger partial charge in [-0.05, 0) is 36.4 Å². The van der Waals surface area contributed by atoms with Crippen LogP contribution < -0.4 is 10.3 Å². The van der Waals surface area contributed by atoms with E-state index in [9.17, 15) is 14.0 Å². The van der Waals surface area contributed by atoms with Crippen LogP contribution in [0.1, 0.15) is 10.4 Å². The van der Waals surface area contributed by atoms with Gasteiger partial charge in [0.2, 0.25) is 5.88 Å². The summed E-state index contributed by atoms with van der Waals surface area (Å²) >= 11 is 3.29. The van der Waals surface area contributed by atoms with Gasteiger partial charge < -0.3 is 4.74 Å². The number of hydrogen-bond acceptors (Lipinski definition) is 4. The number of rotatable bonds is 3. The molecule has 0 aliphatic carbocycles. The quantitative estimate of drug-likeness (QED) is 0.724. The fourth-order valence-electron chi connectivity index (χ4n) is 1.98. The molecule has 0 saturated carbocycles. The molecule has 1 aromatic heterocycles. The van der Waals surface area contributed by atoms with E-state index < -0.39 is 5.82 Å². The molecule has 110 valence electrons.